The van der Waals surface area contributed by atoms with E-state index in [1.54, 1.807) is 0 Å². The first-order valence-corrected chi connectivity index (χ1v) is 9.84. The number of amides is 1. The van der Waals surface area contributed by atoms with Crippen LogP contribution in [0.5, 0.6) is 0 Å². The molecular weight excluding hydrogens is 316 g/mol. The van der Waals surface area contributed by atoms with E-state index in [0.717, 1.165) is 44.5 Å². The molecule has 3 aliphatic rings. The molecule has 1 unspecified atom stereocenters. The zero-order valence-corrected chi connectivity index (χ0v) is 15.5. The number of piperidine rings is 1. The van der Waals surface area contributed by atoms with Gasteiger partial charge in [-0.15, -0.1) is 5.10 Å². The summed E-state index contributed by atoms with van der Waals surface area (Å²) in [6.45, 7) is 1.57. The predicted octanol–water partition coefficient (Wildman–Crippen LogP) is 1.97. The molecule has 1 aromatic heterocycles. The van der Waals surface area contributed by atoms with E-state index in [-0.39, 0.29) is 5.54 Å². The van der Waals surface area contributed by atoms with Crippen molar-refractivity contribution < 1.29 is 4.79 Å². The number of aromatic nitrogens is 4. The Labute approximate surface area is 149 Å². The third-order valence-corrected chi connectivity index (χ3v) is 6.42. The Bertz CT molecular complexity index is 619. The number of carbonyl (C=O) groups is 1. The zero-order valence-electron chi connectivity index (χ0n) is 15.5. The van der Waals surface area contributed by atoms with E-state index >= 15 is 0 Å². The maximum Gasteiger partial charge on any atom is 0.222 e. The first-order chi connectivity index (χ1) is 12.1. The number of likely N-dealkylation sites (N-methyl/N-ethyl adjacent to an activating group) is 1. The van der Waals surface area contributed by atoms with Crippen molar-refractivity contribution in [2.24, 2.45) is 5.92 Å². The van der Waals surface area contributed by atoms with Crippen LogP contribution in [-0.4, -0.2) is 63.1 Å². The number of hydrogen-bond acceptors (Lipinski definition) is 5. The topological polar surface area (TPSA) is 67.2 Å². The minimum absolute atomic E-state index is 0.274. The Morgan fingerprint density at radius 2 is 1.96 bits per heavy atom. The van der Waals surface area contributed by atoms with Crippen molar-refractivity contribution in [3.63, 3.8) is 0 Å². The number of likely N-dealkylation sites (tertiary alicyclic amines) is 1. The first kappa shape index (κ1) is 16.9. The van der Waals surface area contributed by atoms with Gasteiger partial charge in [-0.25, -0.2) is 4.68 Å². The normalized spacial score (nSPS) is 28.0. The molecule has 4 rings (SSSR count). The van der Waals surface area contributed by atoms with Crippen LogP contribution in [0.25, 0.3) is 0 Å². The van der Waals surface area contributed by atoms with Gasteiger partial charge in [0, 0.05) is 19.5 Å². The van der Waals surface area contributed by atoms with Crippen molar-refractivity contribution >= 4 is 5.91 Å². The number of hydrogen-bond donors (Lipinski definition) is 0. The van der Waals surface area contributed by atoms with Crippen molar-refractivity contribution in [1.82, 2.24) is 30.0 Å². The molecule has 2 saturated carbocycles. The molecule has 1 amide bonds. The van der Waals surface area contributed by atoms with Crippen LogP contribution in [0.2, 0.25) is 0 Å². The summed E-state index contributed by atoms with van der Waals surface area (Å²) in [6, 6.07) is 0.416. The fourth-order valence-electron chi connectivity index (χ4n) is 4.59. The summed E-state index contributed by atoms with van der Waals surface area (Å²) in [5, 5.41) is 12.9. The van der Waals surface area contributed by atoms with Gasteiger partial charge in [-0.2, -0.15) is 0 Å². The highest BCUT2D eigenvalue weighted by atomic mass is 16.2. The van der Waals surface area contributed by atoms with Crippen LogP contribution >= 0.6 is 0 Å². The summed E-state index contributed by atoms with van der Waals surface area (Å²) in [5.41, 5.74) is -0.274. The Balaban J connectivity index is 1.61. The van der Waals surface area contributed by atoms with Crippen molar-refractivity contribution in [3.05, 3.63) is 5.82 Å². The molecule has 7 nitrogen and oxygen atoms in total. The van der Waals surface area contributed by atoms with E-state index < -0.39 is 0 Å². The van der Waals surface area contributed by atoms with E-state index in [4.69, 9.17) is 0 Å². The fourth-order valence-corrected chi connectivity index (χ4v) is 4.59. The minimum atomic E-state index is -0.274. The van der Waals surface area contributed by atoms with Gasteiger partial charge in [0.1, 0.15) is 5.54 Å². The van der Waals surface area contributed by atoms with Gasteiger partial charge in [0.05, 0.1) is 6.04 Å². The smallest absolute Gasteiger partial charge is 0.222 e. The van der Waals surface area contributed by atoms with Gasteiger partial charge in [-0.3, -0.25) is 9.69 Å². The van der Waals surface area contributed by atoms with Gasteiger partial charge in [0.15, 0.2) is 5.82 Å². The van der Waals surface area contributed by atoms with Gasteiger partial charge in [-0.05, 0) is 69.0 Å². The average Bonchev–Trinajstić information content (AvgIpc) is 3.08. The van der Waals surface area contributed by atoms with Crippen LogP contribution in [0.15, 0.2) is 0 Å². The molecular formula is C18H30N6O. The third-order valence-electron chi connectivity index (χ3n) is 6.42. The summed E-state index contributed by atoms with van der Waals surface area (Å²) < 4.78 is 2.07. The lowest BCUT2D eigenvalue weighted by Crippen LogP contribution is -2.56. The summed E-state index contributed by atoms with van der Waals surface area (Å²) in [4.78, 5) is 17.0. The monoisotopic (exact) mass is 346 g/mol. The van der Waals surface area contributed by atoms with E-state index in [1.807, 2.05) is 0 Å². The van der Waals surface area contributed by atoms with Crippen LogP contribution in [0.4, 0.5) is 0 Å². The molecule has 0 spiro atoms. The second-order valence-electron chi connectivity index (χ2n) is 8.38. The van der Waals surface area contributed by atoms with Crippen LogP contribution < -0.4 is 0 Å². The predicted molar refractivity (Wildman–Crippen MR) is 93.8 cm³/mol. The molecule has 138 valence electrons. The molecule has 25 heavy (non-hydrogen) atoms. The maximum absolute atomic E-state index is 12.7. The largest absolute Gasteiger partial charge is 0.340 e. The molecule has 2 heterocycles. The standard InChI is InChI=1S/C18H30N6O/c1-22(2)18(17-19-20-21-24(17)15-6-3-4-7-15)10-5-11-23(13-18)16(25)12-14-8-9-14/h14-15H,3-13H2,1-2H3. The summed E-state index contributed by atoms with van der Waals surface area (Å²) >= 11 is 0. The van der Waals surface area contributed by atoms with Crippen LogP contribution in [0, 0.1) is 5.92 Å². The van der Waals surface area contributed by atoms with Gasteiger partial charge in [0.25, 0.3) is 0 Å². The Kier molecular flexibility index (Phi) is 4.52. The van der Waals surface area contributed by atoms with Crippen LogP contribution in [0.3, 0.4) is 0 Å². The quantitative estimate of drug-likeness (QED) is 0.815. The van der Waals surface area contributed by atoms with E-state index in [9.17, 15) is 4.79 Å². The van der Waals surface area contributed by atoms with E-state index in [0.29, 0.717) is 24.4 Å². The number of tetrazole rings is 1. The van der Waals surface area contributed by atoms with Crippen LogP contribution in [0.1, 0.15) is 69.7 Å². The van der Waals surface area contributed by atoms with E-state index in [1.165, 1.54) is 25.7 Å². The van der Waals surface area contributed by atoms with Crippen molar-refractivity contribution in [2.45, 2.75) is 69.4 Å². The van der Waals surface area contributed by atoms with Gasteiger partial charge in [0.2, 0.25) is 5.91 Å². The Hall–Kier alpha value is -1.50. The summed E-state index contributed by atoms with van der Waals surface area (Å²) in [6.07, 6.45) is 9.99. The lowest BCUT2D eigenvalue weighted by Gasteiger charge is -2.46. The van der Waals surface area contributed by atoms with Gasteiger partial charge in [-0.1, -0.05) is 12.8 Å². The number of carbonyl (C=O) groups excluding carboxylic acids is 1. The second kappa shape index (κ2) is 6.67. The highest BCUT2D eigenvalue weighted by molar-refractivity contribution is 5.77. The van der Waals surface area contributed by atoms with Gasteiger partial charge >= 0.3 is 0 Å². The Morgan fingerprint density at radius 3 is 2.64 bits per heavy atom. The highest BCUT2D eigenvalue weighted by Gasteiger charge is 2.46. The number of nitrogens with zero attached hydrogens (tertiary/aromatic N) is 6. The molecule has 1 aromatic rings. The molecule has 0 aromatic carbocycles. The molecule has 0 N–H and O–H groups in total. The number of rotatable bonds is 5. The molecule has 1 saturated heterocycles. The SMILES string of the molecule is CN(C)C1(c2nnnn2C2CCCC2)CCCN(C(=O)CC2CC2)C1. The molecule has 7 heteroatoms. The van der Waals surface area contributed by atoms with Crippen molar-refractivity contribution in [3.8, 4) is 0 Å². The fraction of sp³-hybridized carbons (Fsp3) is 0.889. The van der Waals surface area contributed by atoms with E-state index in [2.05, 4.69) is 44.1 Å². The molecule has 0 bridgehead atoms. The molecule has 0 radical (unpaired) electrons. The maximum atomic E-state index is 12.7. The second-order valence-corrected chi connectivity index (χ2v) is 8.38. The minimum Gasteiger partial charge on any atom is -0.340 e. The zero-order chi connectivity index (χ0) is 17.4. The molecule has 1 atom stereocenters. The van der Waals surface area contributed by atoms with Crippen LogP contribution in [-0.2, 0) is 10.3 Å². The highest BCUT2D eigenvalue weighted by Crippen LogP contribution is 2.39. The molecule has 3 fully saturated rings. The molecule has 1 aliphatic heterocycles. The van der Waals surface area contributed by atoms with Crippen molar-refractivity contribution in [2.75, 3.05) is 27.2 Å². The lowest BCUT2D eigenvalue weighted by molar-refractivity contribution is -0.136. The summed E-state index contributed by atoms with van der Waals surface area (Å²) in [7, 11) is 4.20. The Morgan fingerprint density at radius 1 is 1.20 bits per heavy atom. The first-order valence-electron chi connectivity index (χ1n) is 9.84. The third kappa shape index (κ3) is 3.18. The van der Waals surface area contributed by atoms with Crippen molar-refractivity contribution in [1.29, 1.82) is 0 Å². The summed E-state index contributed by atoms with van der Waals surface area (Å²) in [5.74, 6) is 1.90. The van der Waals surface area contributed by atoms with Gasteiger partial charge < -0.3 is 4.90 Å². The molecule has 2 aliphatic carbocycles. The average molecular weight is 346 g/mol. The lowest BCUT2D eigenvalue weighted by atomic mass is 9.86.